The number of nitrogen functional groups attached to an aromatic ring is 1. The Morgan fingerprint density at radius 3 is 2.75 bits per heavy atom. The first-order chi connectivity index (χ1) is 9.32. The third kappa shape index (κ3) is 5.31. The number of pyridine rings is 1. The average molecular weight is 292 g/mol. The number of hydrogen-bond acceptors (Lipinski definition) is 5. The number of ether oxygens (including phenoxy) is 1. The monoisotopic (exact) mass is 292 g/mol. The van der Waals surface area contributed by atoms with E-state index in [0.29, 0.717) is 13.2 Å². The number of alkyl halides is 3. The molecule has 1 heterocycles. The van der Waals surface area contributed by atoms with Crippen molar-refractivity contribution in [2.45, 2.75) is 6.18 Å². The molecule has 0 aliphatic carbocycles. The van der Waals surface area contributed by atoms with E-state index in [1.165, 1.54) is 7.11 Å². The Balaban J connectivity index is 2.60. The topological polar surface area (TPSA) is 89.3 Å². The Hall–Kier alpha value is -2.03. The van der Waals surface area contributed by atoms with Crippen molar-refractivity contribution in [1.82, 2.24) is 10.3 Å². The quantitative estimate of drug-likeness (QED) is 0.677. The van der Waals surface area contributed by atoms with Gasteiger partial charge >= 0.3 is 6.18 Å². The van der Waals surface area contributed by atoms with Crippen molar-refractivity contribution in [2.75, 3.05) is 37.9 Å². The van der Waals surface area contributed by atoms with Crippen molar-refractivity contribution >= 4 is 17.5 Å². The predicted octanol–water partition coefficient (Wildman–Crippen LogP) is 0.857. The van der Waals surface area contributed by atoms with Crippen LogP contribution in [0.4, 0.5) is 24.8 Å². The highest BCUT2D eigenvalue weighted by atomic mass is 19.4. The van der Waals surface area contributed by atoms with Gasteiger partial charge in [-0.05, 0) is 12.1 Å². The number of amides is 1. The summed E-state index contributed by atoms with van der Waals surface area (Å²) >= 11 is 0. The molecule has 0 saturated heterocycles. The predicted molar refractivity (Wildman–Crippen MR) is 67.0 cm³/mol. The lowest BCUT2D eigenvalue weighted by Crippen LogP contribution is -2.32. The third-order valence-corrected chi connectivity index (χ3v) is 2.23. The maximum atomic E-state index is 12.5. The number of carbonyl (C=O) groups excluding carboxylic acids is 1. The second-order valence-corrected chi connectivity index (χ2v) is 3.86. The first-order valence-electron chi connectivity index (χ1n) is 5.67. The number of carbonyl (C=O) groups is 1. The van der Waals surface area contributed by atoms with Crippen LogP contribution in [0.25, 0.3) is 0 Å². The van der Waals surface area contributed by atoms with E-state index < -0.39 is 11.7 Å². The fourth-order valence-electron chi connectivity index (χ4n) is 1.33. The van der Waals surface area contributed by atoms with Crippen LogP contribution in [-0.4, -0.2) is 37.7 Å². The summed E-state index contributed by atoms with van der Waals surface area (Å²) in [5.74, 6) is -0.777. The minimum atomic E-state index is -4.52. The first-order valence-corrected chi connectivity index (χ1v) is 5.67. The molecule has 0 bridgehead atoms. The highest BCUT2D eigenvalue weighted by Crippen LogP contribution is 2.31. The molecule has 0 saturated carbocycles. The Bertz CT molecular complexity index is 465. The molecular formula is C11H15F3N4O2. The first kappa shape index (κ1) is 16.0. The number of nitrogens with two attached hydrogens (primary N) is 1. The summed E-state index contributed by atoms with van der Waals surface area (Å²) in [6.07, 6.45) is -4.52. The molecule has 6 nitrogen and oxygen atoms in total. The molecule has 1 amide bonds. The van der Waals surface area contributed by atoms with Crippen LogP contribution in [-0.2, 0) is 15.7 Å². The van der Waals surface area contributed by atoms with E-state index in [0.717, 1.165) is 12.1 Å². The van der Waals surface area contributed by atoms with Gasteiger partial charge in [0.25, 0.3) is 0 Å². The Morgan fingerprint density at radius 2 is 2.15 bits per heavy atom. The van der Waals surface area contributed by atoms with Crippen LogP contribution in [0, 0.1) is 0 Å². The van der Waals surface area contributed by atoms with Crippen molar-refractivity contribution in [3.05, 3.63) is 17.7 Å². The summed E-state index contributed by atoms with van der Waals surface area (Å²) in [5, 5.41) is 4.99. The zero-order valence-corrected chi connectivity index (χ0v) is 10.8. The van der Waals surface area contributed by atoms with Gasteiger partial charge < -0.3 is 21.1 Å². The minimum Gasteiger partial charge on any atom is -0.384 e. The number of methoxy groups -OCH3 is 1. The van der Waals surface area contributed by atoms with Crippen molar-refractivity contribution in [2.24, 2.45) is 0 Å². The molecule has 0 spiro atoms. The smallest absolute Gasteiger partial charge is 0.384 e. The minimum absolute atomic E-state index is 0.112. The molecule has 1 aromatic rings. The number of nitrogens with zero attached hydrogens (tertiary/aromatic N) is 1. The van der Waals surface area contributed by atoms with Crippen LogP contribution < -0.4 is 16.4 Å². The molecular weight excluding hydrogens is 277 g/mol. The summed E-state index contributed by atoms with van der Waals surface area (Å²) in [5.41, 5.74) is 4.37. The van der Waals surface area contributed by atoms with Gasteiger partial charge in [-0.2, -0.15) is 13.2 Å². The van der Waals surface area contributed by atoms with E-state index >= 15 is 0 Å². The van der Waals surface area contributed by atoms with Crippen molar-refractivity contribution in [3.63, 3.8) is 0 Å². The van der Waals surface area contributed by atoms with Gasteiger partial charge in [0.1, 0.15) is 11.6 Å². The molecule has 0 aliphatic heterocycles. The number of aromatic nitrogens is 1. The largest absolute Gasteiger partial charge is 0.416 e. The molecule has 0 unspecified atom stereocenters. The second-order valence-electron chi connectivity index (χ2n) is 3.86. The van der Waals surface area contributed by atoms with Crippen molar-refractivity contribution < 1.29 is 22.7 Å². The van der Waals surface area contributed by atoms with Gasteiger partial charge in [0.2, 0.25) is 5.91 Å². The van der Waals surface area contributed by atoms with Crippen molar-refractivity contribution in [1.29, 1.82) is 0 Å². The SMILES string of the molecule is COCCNC(=O)CNc1cc(C(F)(F)F)cc(N)n1. The summed E-state index contributed by atoms with van der Waals surface area (Å²) < 4.78 is 42.4. The van der Waals surface area contributed by atoms with Gasteiger partial charge in [-0.15, -0.1) is 0 Å². The molecule has 0 fully saturated rings. The number of nitrogens with one attached hydrogen (secondary N) is 2. The van der Waals surface area contributed by atoms with E-state index in [-0.39, 0.29) is 24.1 Å². The number of hydrogen-bond donors (Lipinski definition) is 3. The summed E-state index contributed by atoms with van der Waals surface area (Å²) in [6, 6.07) is 1.52. The average Bonchev–Trinajstić information content (AvgIpc) is 2.35. The van der Waals surface area contributed by atoms with Gasteiger partial charge in [0, 0.05) is 13.7 Å². The van der Waals surface area contributed by atoms with Gasteiger partial charge in [-0.1, -0.05) is 0 Å². The van der Waals surface area contributed by atoms with E-state index in [9.17, 15) is 18.0 Å². The molecule has 112 valence electrons. The molecule has 1 rings (SSSR count). The molecule has 0 atom stereocenters. The van der Waals surface area contributed by atoms with E-state index in [4.69, 9.17) is 10.5 Å². The second kappa shape index (κ2) is 6.94. The molecule has 1 aromatic heterocycles. The molecule has 0 aromatic carbocycles. The van der Waals surface area contributed by atoms with E-state index in [1.54, 1.807) is 0 Å². The van der Waals surface area contributed by atoms with Gasteiger partial charge in [0.05, 0.1) is 18.7 Å². The highest BCUT2D eigenvalue weighted by molar-refractivity contribution is 5.80. The fraction of sp³-hybridized carbons (Fsp3) is 0.455. The highest BCUT2D eigenvalue weighted by Gasteiger charge is 2.31. The lowest BCUT2D eigenvalue weighted by atomic mass is 10.2. The molecule has 20 heavy (non-hydrogen) atoms. The van der Waals surface area contributed by atoms with Crippen LogP contribution in [0.2, 0.25) is 0 Å². The van der Waals surface area contributed by atoms with Crippen LogP contribution in [0.1, 0.15) is 5.56 Å². The maximum Gasteiger partial charge on any atom is 0.416 e. The number of rotatable bonds is 6. The lowest BCUT2D eigenvalue weighted by Gasteiger charge is -2.11. The standard InChI is InChI=1S/C11H15F3N4O2/c1-20-3-2-16-10(19)6-17-9-5-7(11(12,13)14)4-8(15)18-9/h4-5H,2-3,6H2,1H3,(H,16,19)(H3,15,17,18). The van der Waals surface area contributed by atoms with Crippen LogP contribution in [0.15, 0.2) is 12.1 Å². The third-order valence-electron chi connectivity index (χ3n) is 2.23. The summed E-state index contributed by atoms with van der Waals surface area (Å²) in [4.78, 5) is 15.0. The van der Waals surface area contributed by atoms with E-state index in [1.807, 2.05) is 0 Å². The number of anilines is 2. The summed E-state index contributed by atoms with van der Waals surface area (Å²) in [6.45, 7) is 0.452. The molecule has 0 aliphatic rings. The zero-order chi connectivity index (χ0) is 15.2. The maximum absolute atomic E-state index is 12.5. The normalized spacial score (nSPS) is 11.2. The molecule has 4 N–H and O–H groups in total. The van der Waals surface area contributed by atoms with Crippen LogP contribution in [0.5, 0.6) is 0 Å². The van der Waals surface area contributed by atoms with Crippen molar-refractivity contribution in [3.8, 4) is 0 Å². The Labute approximate surface area is 113 Å². The van der Waals surface area contributed by atoms with E-state index in [2.05, 4.69) is 15.6 Å². The summed E-state index contributed by atoms with van der Waals surface area (Å²) in [7, 11) is 1.49. The van der Waals surface area contributed by atoms with Crippen LogP contribution in [0.3, 0.4) is 0 Å². The zero-order valence-electron chi connectivity index (χ0n) is 10.8. The molecule has 0 radical (unpaired) electrons. The lowest BCUT2D eigenvalue weighted by molar-refractivity contribution is -0.137. The van der Waals surface area contributed by atoms with Gasteiger partial charge in [-0.25, -0.2) is 4.98 Å². The molecule has 9 heteroatoms. The van der Waals surface area contributed by atoms with Gasteiger partial charge in [-0.3, -0.25) is 4.79 Å². The Kier molecular flexibility index (Phi) is 5.56. The number of halogens is 3. The Morgan fingerprint density at radius 1 is 1.45 bits per heavy atom. The fourth-order valence-corrected chi connectivity index (χ4v) is 1.33. The van der Waals surface area contributed by atoms with Crippen LogP contribution >= 0.6 is 0 Å². The van der Waals surface area contributed by atoms with Gasteiger partial charge in [0.15, 0.2) is 0 Å².